The van der Waals surface area contributed by atoms with E-state index in [4.69, 9.17) is 20.9 Å². The van der Waals surface area contributed by atoms with Crippen LogP contribution in [0.3, 0.4) is 0 Å². The molecule has 4 N–H and O–H groups in total. The molecule has 0 aromatic carbocycles. The van der Waals surface area contributed by atoms with E-state index in [1.54, 1.807) is 13.8 Å². The predicted octanol–water partition coefficient (Wildman–Crippen LogP) is 4.63. The van der Waals surface area contributed by atoms with Gasteiger partial charge < -0.3 is 30.7 Å². The van der Waals surface area contributed by atoms with Crippen LogP contribution in [-0.4, -0.2) is 57.7 Å². The monoisotopic (exact) mass is 644 g/mol. The molecule has 0 spiro atoms. The normalized spacial score (nSPS) is 12.0. The van der Waals surface area contributed by atoms with Crippen molar-refractivity contribution >= 4 is 58.0 Å². The standard InChI is InChI=1S/C30H40N6O6S2/c1-19-7-9-25(29(31)33-19)15-35(17-37)21(3)27(11-13-41-23(5)39)43-44-28(12-14-42-24(6)40)22(4)36(18-38)16-26-10-8-20(2)34-30(26)32/h7-10,17-18H,11-16H2,1-6H3,(H2,31,33)(H2,32,34)/b27-21-,28-22-. The van der Waals surface area contributed by atoms with E-state index in [1.165, 1.54) is 45.2 Å². The SMILES string of the molecule is CC(=O)OCC/C(SS/C(CCOC(C)=O)=C(/C)N(C=O)Cc1ccc(C)nc1N)=C(\C)N(C=O)Cc1ccc(C)nc1N. The van der Waals surface area contributed by atoms with Gasteiger partial charge in [0.1, 0.15) is 11.6 Å². The molecular formula is C30H40N6O6S2. The minimum absolute atomic E-state index is 0.0993. The Balaban J connectivity index is 2.43. The zero-order valence-electron chi connectivity index (χ0n) is 25.9. The highest BCUT2D eigenvalue weighted by atomic mass is 33.1. The maximum Gasteiger partial charge on any atom is 0.302 e. The van der Waals surface area contributed by atoms with E-state index < -0.39 is 11.9 Å². The number of carbonyl (C=O) groups is 4. The van der Waals surface area contributed by atoms with E-state index in [9.17, 15) is 19.2 Å². The number of rotatable bonds is 17. The zero-order valence-corrected chi connectivity index (χ0v) is 27.5. The molecule has 2 amide bonds. The summed E-state index contributed by atoms with van der Waals surface area (Å²) in [6.07, 6.45) is 2.08. The molecule has 238 valence electrons. The maximum atomic E-state index is 12.2. The summed E-state index contributed by atoms with van der Waals surface area (Å²) in [4.78, 5) is 60.5. The summed E-state index contributed by atoms with van der Waals surface area (Å²) in [5, 5.41) is 0. The first-order chi connectivity index (χ1) is 20.9. The molecule has 0 unspecified atom stereocenters. The summed E-state index contributed by atoms with van der Waals surface area (Å²) in [6.45, 7) is 10.5. The van der Waals surface area contributed by atoms with Crippen molar-refractivity contribution in [2.24, 2.45) is 0 Å². The van der Waals surface area contributed by atoms with Crippen LogP contribution in [0.2, 0.25) is 0 Å². The Morgan fingerprint density at radius 2 is 1.09 bits per heavy atom. The van der Waals surface area contributed by atoms with Gasteiger partial charge in [-0.05, 0) is 39.8 Å². The van der Waals surface area contributed by atoms with Crippen LogP contribution in [0, 0.1) is 13.8 Å². The molecule has 2 heterocycles. The number of pyridine rings is 2. The minimum Gasteiger partial charge on any atom is -0.466 e. The summed E-state index contributed by atoms with van der Waals surface area (Å²) < 4.78 is 10.4. The molecule has 2 rings (SSSR count). The molecule has 12 nitrogen and oxygen atoms in total. The number of aromatic nitrogens is 2. The molecule has 2 aromatic rings. The van der Waals surface area contributed by atoms with Crippen molar-refractivity contribution in [3.05, 3.63) is 68.0 Å². The number of hydrogen-bond donors (Lipinski definition) is 2. The van der Waals surface area contributed by atoms with Gasteiger partial charge in [0.25, 0.3) is 0 Å². The second-order valence-electron chi connectivity index (χ2n) is 9.82. The summed E-state index contributed by atoms with van der Waals surface area (Å²) in [7, 11) is 2.71. The molecule has 0 aliphatic rings. The summed E-state index contributed by atoms with van der Waals surface area (Å²) in [6, 6.07) is 7.29. The highest BCUT2D eigenvalue weighted by molar-refractivity contribution is 8.79. The molecule has 0 radical (unpaired) electrons. The number of nitrogens with zero attached hydrogens (tertiary/aromatic N) is 4. The lowest BCUT2D eigenvalue weighted by Gasteiger charge is -2.24. The first-order valence-corrected chi connectivity index (χ1v) is 15.9. The van der Waals surface area contributed by atoms with Crippen LogP contribution in [-0.2, 0) is 41.7 Å². The topological polar surface area (TPSA) is 171 Å². The second-order valence-corrected chi connectivity index (χ2v) is 12.1. The van der Waals surface area contributed by atoms with Crippen LogP contribution in [0.25, 0.3) is 0 Å². The average molecular weight is 645 g/mol. The van der Waals surface area contributed by atoms with Gasteiger partial charge in [0.2, 0.25) is 12.8 Å². The highest BCUT2D eigenvalue weighted by Crippen LogP contribution is 2.43. The van der Waals surface area contributed by atoms with Gasteiger partial charge in [0, 0.05) is 70.4 Å². The van der Waals surface area contributed by atoms with E-state index in [-0.39, 0.29) is 26.3 Å². The molecule has 2 aromatic heterocycles. The largest absolute Gasteiger partial charge is 0.466 e. The predicted molar refractivity (Wildman–Crippen MR) is 173 cm³/mol. The maximum absolute atomic E-state index is 12.2. The molecule has 44 heavy (non-hydrogen) atoms. The van der Waals surface area contributed by atoms with Gasteiger partial charge in [0.05, 0.1) is 26.3 Å². The molecule has 0 saturated heterocycles. The Morgan fingerprint density at radius 1 is 0.727 bits per heavy atom. The molecule has 0 atom stereocenters. The van der Waals surface area contributed by atoms with Gasteiger partial charge in [-0.2, -0.15) is 0 Å². The van der Waals surface area contributed by atoms with E-state index in [0.717, 1.165) is 21.2 Å². The van der Waals surface area contributed by atoms with Crippen LogP contribution in [0.5, 0.6) is 0 Å². The Bertz CT molecular complexity index is 1310. The second kappa shape index (κ2) is 17.9. The molecule has 14 heteroatoms. The lowest BCUT2D eigenvalue weighted by atomic mass is 10.2. The van der Waals surface area contributed by atoms with Crippen LogP contribution < -0.4 is 11.5 Å². The zero-order chi connectivity index (χ0) is 32.8. The fraction of sp³-hybridized carbons (Fsp3) is 0.400. The van der Waals surface area contributed by atoms with Crippen molar-refractivity contribution in [1.29, 1.82) is 0 Å². The van der Waals surface area contributed by atoms with Crippen molar-refractivity contribution < 1.29 is 28.7 Å². The van der Waals surface area contributed by atoms with Crippen molar-refractivity contribution in [1.82, 2.24) is 19.8 Å². The molecular weight excluding hydrogens is 605 g/mol. The summed E-state index contributed by atoms with van der Waals surface area (Å²) >= 11 is 0. The van der Waals surface area contributed by atoms with Gasteiger partial charge in [-0.25, -0.2) is 9.97 Å². The number of anilines is 2. The fourth-order valence-corrected chi connectivity index (χ4v) is 6.71. The Hall–Kier alpha value is -4.04. The number of aryl methyl sites for hydroxylation is 2. The Morgan fingerprint density at radius 3 is 1.39 bits per heavy atom. The van der Waals surface area contributed by atoms with Crippen LogP contribution >= 0.6 is 21.6 Å². The quantitative estimate of drug-likeness (QED) is 0.139. The van der Waals surface area contributed by atoms with Crippen molar-refractivity contribution in [3.63, 3.8) is 0 Å². The molecule has 0 saturated carbocycles. The smallest absolute Gasteiger partial charge is 0.302 e. The number of esters is 2. The average Bonchev–Trinajstić information content (AvgIpc) is 2.96. The van der Waals surface area contributed by atoms with Crippen molar-refractivity contribution in [2.75, 3.05) is 24.7 Å². The number of hydrogen-bond acceptors (Lipinski definition) is 12. The lowest BCUT2D eigenvalue weighted by Crippen LogP contribution is -2.22. The van der Waals surface area contributed by atoms with Crippen LogP contribution in [0.15, 0.2) is 45.5 Å². The van der Waals surface area contributed by atoms with Gasteiger partial charge in [0.15, 0.2) is 0 Å². The third-order valence-electron chi connectivity index (χ3n) is 6.42. The van der Waals surface area contributed by atoms with E-state index in [1.807, 2.05) is 38.1 Å². The Kier molecular flexibility index (Phi) is 14.7. The number of allylic oxidation sites excluding steroid dienone is 2. The van der Waals surface area contributed by atoms with E-state index in [0.29, 0.717) is 59.8 Å². The van der Waals surface area contributed by atoms with Crippen molar-refractivity contribution in [3.8, 4) is 0 Å². The number of nitrogen functional groups attached to an aromatic ring is 2. The molecule has 0 fully saturated rings. The minimum atomic E-state index is -0.422. The van der Waals surface area contributed by atoms with E-state index >= 15 is 0 Å². The third kappa shape index (κ3) is 11.6. The Labute approximate surface area is 266 Å². The first kappa shape index (κ1) is 36.2. The molecule has 0 aliphatic carbocycles. The molecule has 0 bridgehead atoms. The number of ether oxygens (including phenoxy) is 2. The number of nitrogens with two attached hydrogens (primary N) is 2. The summed E-state index contributed by atoms with van der Waals surface area (Å²) in [5.41, 5.74) is 16.4. The highest BCUT2D eigenvalue weighted by Gasteiger charge is 2.19. The number of amides is 2. The van der Waals surface area contributed by atoms with Gasteiger partial charge in [-0.1, -0.05) is 33.7 Å². The van der Waals surface area contributed by atoms with Crippen LogP contribution in [0.4, 0.5) is 11.6 Å². The summed E-state index contributed by atoms with van der Waals surface area (Å²) in [5.74, 6) is -0.180. The fourth-order valence-electron chi connectivity index (χ4n) is 3.88. The first-order valence-electron chi connectivity index (χ1n) is 13.7. The van der Waals surface area contributed by atoms with Gasteiger partial charge >= 0.3 is 11.9 Å². The number of carbonyl (C=O) groups excluding carboxylic acids is 4. The third-order valence-corrected chi connectivity index (χ3v) is 9.36. The van der Waals surface area contributed by atoms with Gasteiger partial charge in [-0.15, -0.1) is 0 Å². The molecule has 0 aliphatic heterocycles. The lowest BCUT2D eigenvalue weighted by molar-refractivity contribution is -0.141. The van der Waals surface area contributed by atoms with Gasteiger partial charge in [-0.3, -0.25) is 19.2 Å². The van der Waals surface area contributed by atoms with Crippen molar-refractivity contribution in [2.45, 2.75) is 67.5 Å². The van der Waals surface area contributed by atoms with Crippen LogP contribution in [0.1, 0.15) is 63.1 Å². The van der Waals surface area contributed by atoms with E-state index in [2.05, 4.69) is 9.97 Å².